The lowest BCUT2D eigenvalue weighted by Crippen LogP contribution is -2.50. The topological polar surface area (TPSA) is 15.3 Å². The average molecular weight is 280 g/mol. The molecule has 2 rings (SSSR count). The van der Waals surface area contributed by atoms with E-state index >= 15 is 0 Å². The molecule has 0 radical (unpaired) electrons. The van der Waals surface area contributed by atoms with Crippen LogP contribution in [0, 0.1) is 11.8 Å². The van der Waals surface area contributed by atoms with Crippen LogP contribution in [-0.2, 0) is 6.54 Å². The van der Waals surface area contributed by atoms with Gasteiger partial charge in [-0.2, -0.15) is 0 Å². The van der Waals surface area contributed by atoms with Gasteiger partial charge in [0.15, 0.2) is 0 Å². The van der Waals surface area contributed by atoms with Crippen molar-refractivity contribution in [3.8, 4) is 0 Å². The molecule has 0 aromatic carbocycles. The minimum Gasteiger partial charge on any atom is -0.316 e. The summed E-state index contributed by atoms with van der Waals surface area (Å²) < 4.78 is 0. The first-order valence-electron chi connectivity index (χ1n) is 7.67. The molecule has 2 atom stereocenters. The van der Waals surface area contributed by atoms with Gasteiger partial charge in [-0.3, -0.25) is 4.90 Å². The SMILES string of the molecule is CCN(Cc1cccs1)C1CCC1CNCC(C)C. The van der Waals surface area contributed by atoms with Gasteiger partial charge in [-0.1, -0.05) is 26.8 Å². The van der Waals surface area contributed by atoms with E-state index in [1.807, 2.05) is 11.3 Å². The highest BCUT2D eigenvalue weighted by molar-refractivity contribution is 7.09. The standard InChI is InChI=1S/C16H28N2S/c1-4-18(12-15-6-5-9-19-15)16-8-7-14(16)11-17-10-13(2)3/h5-6,9,13-14,16-17H,4,7-8,10-12H2,1-3H3. The lowest BCUT2D eigenvalue weighted by molar-refractivity contribution is 0.0603. The summed E-state index contributed by atoms with van der Waals surface area (Å²) in [5, 5.41) is 5.82. The van der Waals surface area contributed by atoms with E-state index in [-0.39, 0.29) is 0 Å². The Balaban J connectivity index is 1.78. The smallest absolute Gasteiger partial charge is 0.0330 e. The highest BCUT2D eigenvalue weighted by Crippen LogP contribution is 2.33. The third kappa shape index (κ3) is 4.30. The molecule has 1 heterocycles. The molecule has 1 fully saturated rings. The quantitative estimate of drug-likeness (QED) is 0.783. The molecular weight excluding hydrogens is 252 g/mol. The van der Waals surface area contributed by atoms with Gasteiger partial charge in [0.2, 0.25) is 0 Å². The zero-order chi connectivity index (χ0) is 13.7. The summed E-state index contributed by atoms with van der Waals surface area (Å²) >= 11 is 1.88. The molecule has 2 nitrogen and oxygen atoms in total. The maximum Gasteiger partial charge on any atom is 0.0330 e. The van der Waals surface area contributed by atoms with Crippen LogP contribution in [0.4, 0.5) is 0 Å². The monoisotopic (exact) mass is 280 g/mol. The maximum atomic E-state index is 3.63. The fraction of sp³-hybridized carbons (Fsp3) is 0.750. The van der Waals surface area contributed by atoms with E-state index in [0.29, 0.717) is 0 Å². The fourth-order valence-corrected chi connectivity index (χ4v) is 3.62. The van der Waals surface area contributed by atoms with Gasteiger partial charge in [-0.05, 0) is 55.8 Å². The van der Waals surface area contributed by atoms with Crippen molar-refractivity contribution in [3.05, 3.63) is 22.4 Å². The van der Waals surface area contributed by atoms with Crippen molar-refractivity contribution >= 4 is 11.3 Å². The Morgan fingerprint density at radius 2 is 2.26 bits per heavy atom. The van der Waals surface area contributed by atoms with Crippen LogP contribution >= 0.6 is 11.3 Å². The first kappa shape index (κ1) is 15.0. The van der Waals surface area contributed by atoms with Crippen molar-refractivity contribution in [1.82, 2.24) is 10.2 Å². The largest absolute Gasteiger partial charge is 0.316 e. The van der Waals surface area contributed by atoms with Gasteiger partial charge >= 0.3 is 0 Å². The van der Waals surface area contributed by atoms with E-state index in [4.69, 9.17) is 0 Å². The summed E-state index contributed by atoms with van der Waals surface area (Å²) in [6.07, 6.45) is 2.78. The Bertz CT molecular complexity index is 348. The predicted molar refractivity (Wildman–Crippen MR) is 84.6 cm³/mol. The van der Waals surface area contributed by atoms with Crippen LogP contribution in [0.25, 0.3) is 0 Å². The van der Waals surface area contributed by atoms with Crippen molar-refractivity contribution in [2.75, 3.05) is 19.6 Å². The van der Waals surface area contributed by atoms with Gasteiger partial charge in [0.05, 0.1) is 0 Å². The highest BCUT2D eigenvalue weighted by atomic mass is 32.1. The van der Waals surface area contributed by atoms with Crippen molar-refractivity contribution in [2.45, 2.75) is 46.2 Å². The molecule has 2 unspecified atom stereocenters. The number of thiophene rings is 1. The summed E-state index contributed by atoms with van der Waals surface area (Å²) in [6, 6.07) is 5.22. The van der Waals surface area contributed by atoms with Gasteiger partial charge in [-0.15, -0.1) is 11.3 Å². The van der Waals surface area contributed by atoms with Crippen molar-refractivity contribution in [2.24, 2.45) is 11.8 Å². The molecule has 3 heteroatoms. The van der Waals surface area contributed by atoms with Gasteiger partial charge in [-0.25, -0.2) is 0 Å². The van der Waals surface area contributed by atoms with Crippen LogP contribution in [0.2, 0.25) is 0 Å². The summed E-state index contributed by atoms with van der Waals surface area (Å²) in [5.74, 6) is 1.62. The molecule has 0 saturated heterocycles. The normalized spacial score (nSPS) is 23.0. The predicted octanol–water partition coefficient (Wildman–Crippen LogP) is 3.59. The molecule has 1 aliphatic rings. The summed E-state index contributed by atoms with van der Waals surface area (Å²) in [5.41, 5.74) is 0. The highest BCUT2D eigenvalue weighted by Gasteiger charge is 2.34. The van der Waals surface area contributed by atoms with Crippen LogP contribution in [0.15, 0.2) is 17.5 Å². The van der Waals surface area contributed by atoms with Gasteiger partial charge in [0, 0.05) is 17.5 Å². The number of nitrogens with zero attached hydrogens (tertiary/aromatic N) is 1. The first-order chi connectivity index (χ1) is 9.20. The third-order valence-corrected chi connectivity index (χ3v) is 5.01. The second-order valence-corrected chi connectivity index (χ2v) is 7.13. The molecule has 1 aromatic heterocycles. The van der Waals surface area contributed by atoms with Crippen molar-refractivity contribution < 1.29 is 0 Å². The Morgan fingerprint density at radius 3 is 2.79 bits per heavy atom. The third-order valence-electron chi connectivity index (χ3n) is 4.15. The van der Waals surface area contributed by atoms with Gasteiger partial charge < -0.3 is 5.32 Å². The lowest BCUT2D eigenvalue weighted by Gasteiger charge is -2.44. The van der Waals surface area contributed by atoms with Crippen LogP contribution in [0.5, 0.6) is 0 Å². The molecule has 0 amide bonds. The molecule has 19 heavy (non-hydrogen) atoms. The van der Waals surface area contributed by atoms with E-state index < -0.39 is 0 Å². The summed E-state index contributed by atoms with van der Waals surface area (Å²) in [4.78, 5) is 4.17. The van der Waals surface area contributed by atoms with E-state index in [1.54, 1.807) is 0 Å². The van der Waals surface area contributed by atoms with Crippen LogP contribution in [-0.4, -0.2) is 30.6 Å². The summed E-state index contributed by atoms with van der Waals surface area (Å²) in [6.45, 7) is 11.5. The molecule has 0 spiro atoms. The van der Waals surface area contributed by atoms with Crippen molar-refractivity contribution in [3.63, 3.8) is 0 Å². The number of rotatable bonds is 8. The number of hydrogen-bond donors (Lipinski definition) is 1. The zero-order valence-corrected chi connectivity index (χ0v) is 13.4. The minimum absolute atomic E-state index is 0.756. The molecule has 0 aliphatic heterocycles. The Hall–Kier alpha value is -0.380. The second-order valence-electron chi connectivity index (χ2n) is 6.10. The molecule has 0 bridgehead atoms. The Kier molecular flexibility index (Phi) is 5.86. The molecule has 1 N–H and O–H groups in total. The summed E-state index contributed by atoms with van der Waals surface area (Å²) in [7, 11) is 0. The number of hydrogen-bond acceptors (Lipinski definition) is 3. The lowest BCUT2D eigenvalue weighted by atomic mass is 9.78. The minimum atomic E-state index is 0.756. The van der Waals surface area contributed by atoms with Crippen molar-refractivity contribution in [1.29, 1.82) is 0 Å². The molecule has 108 valence electrons. The first-order valence-corrected chi connectivity index (χ1v) is 8.55. The van der Waals surface area contributed by atoms with E-state index in [2.05, 4.69) is 48.5 Å². The Labute approximate surface area is 122 Å². The van der Waals surface area contributed by atoms with Gasteiger partial charge in [0.25, 0.3) is 0 Å². The Morgan fingerprint density at radius 1 is 1.42 bits per heavy atom. The molecule has 1 aromatic rings. The molecule has 1 aliphatic carbocycles. The average Bonchev–Trinajstić information content (AvgIpc) is 2.84. The number of nitrogens with one attached hydrogen (secondary N) is 1. The van der Waals surface area contributed by atoms with E-state index in [1.165, 1.54) is 30.8 Å². The second kappa shape index (κ2) is 7.41. The molecule has 1 saturated carbocycles. The van der Waals surface area contributed by atoms with Gasteiger partial charge in [0.1, 0.15) is 0 Å². The zero-order valence-electron chi connectivity index (χ0n) is 12.6. The van der Waals surface area contributed by atoms with Crippen LogP contribution in [0.1, 0.15) is 38.5 Å². The molecular formula is C16H28N2S. The van der Waals surface area contributed by atoms with E-state index in [9.17, 15) is 0 Å². The van der Waals surface area contributed by atoms with Crippen LogP contribution in [0.3, 0.4) is 0 Å². The van der Waals surface area contributed by atoms with E-state index in [0.717, 1.165) is 31.0 Å². The fourth-order valence-electron chi connectivity index (χ4n) is 2.89. The van der Waals surface area contributed by atoms with Crippen LogP contribution < -0.4 is 5.32 Å². The maximum absolute atomic E-state index is 3.63.